The minimum Gasteiger partial charge on any atom is -0.452 e. The van der Waals surface area contributed by atoms with Gasteiger partial charge in [0.2, 0.25) is 5.82 Å². The van der Waals surface area contributed by atoms with E-state index in [9.17, 15) is 18.0 Å². The second-order valence-electron chi connectivity index (χ2n) is 6.20. The number of alkyl halides is 3. The number of carbonyl (C=O) groups is 1. The third kappa shape index (κ3) is 3.92. The summed E-state index contributed by atoms with van der Waals surface area (Å²) in [6.45, 7) is 6.15. The number of aromatic nitrogens is 3. The summed E-state index contributed by atoms with van der Waals surface area (Å²) in [6.07, 6.45) is -4.47. The number of nitrogens with zero attached hydrogens (tertiary/aromatic N) is 3. The third-order valence-corrected chi connectivity index (χ3v) is 4.35. The molecule has 0 bridgehead atoms. The van der Waals surface area contributed by atoms with Crippen molar-refractivity contribution in [2.24, 2.45) is 0 Å². The van der Waals surface area contributed by atoms with E-state index in [-0.39, 0.29) is 23.9 Å². The predicted molar refractivity (Wildman–Crippen MR) is 93.4 cm³/mol. The number of halogens is 3. The largest absolute Gasteiger partial charge is 0.452 e. The van der Waals surface area contributed by atoms with Crippen molar-refractivity contribution in [1.82, 2.24) is 14.7 Å². The number of benzene rings is 1. The summed E-state index contributed by atoms with van der Waals surface area (Å²) >= 11 is 0. The highest BCUT2D eigenvalue weighted by Crippen LogP contribution is 2.31. The van der Waals surface area contributed by atoms with Gasteiger partial charge in [0.1, 0.15) is 0 Å². The fourth-order valence-electron chi connectivity index (χ4n) is 2.96. The second kappa shape index (κ2) is 7.49. The van der Waals surface area contributed by atoms with Crippen LogP contribution < -0.4 is 0 Å². The second-order valence-corrected chi connectivity index (χ2v) is 6.20. The number of esters is 1. The van der Waals surface area contributed by atoms with E-state index in [1.165, 1.54) is 12.1 Å². The van der Waals surface area contributed by atoms with E-state index in [0.717, 1.165) is 30.1 Å². The highest BCUT2D eigenvalue weighted by Gasteiger charge is 2.30. The molecule has 0 atom stereocenters. The number of aryl methyl sites for hydroxylation is 1. The van der Waals surface area contributed by atoms with Crippen molar-refractivity contribution >= 4 is 5.97 Å². The zero-order valence-electron chi connectivity index (χ0n) is 15.5. The van der Waals surface area contributed by atoms with Crippen molar-refractivity contribution in [3.63, 3.8) is 0 Å². The lowest BCUT2D eigenvalue weighted by Crippen LogP contribution is -2.07. The van der Waals surface area contributed by atoms with Crippen LogP contribution in [0.2, 0.25) is 0 Å². The average molecular weight is 393 g/mol. The van der Waals surface area contributed by atoms with Gasteiger partial charge < -0.3 is 13.8 Å². The Bertz CT molecular complexity index is 1010. The maximum atomic E-state index is 12.8. The molecular formula is C19H18F3N3O3. The standard InChI is InChI=1S/C19H18F3N3O3/c1-4-25-11(2)8-15(12(25)3)18(26)27-10-16-23-17(24-28-16)13-6-5-7-14(9-13)19(20,21)22/h5-9H,4,10H2,1-3H3. The summed E-state index contributed by atoms with van der Waals surface area (Å²) in [5, 5.41) is 3.66. The molecule has 28 heavy (non-hydrogen) atoms. The Hall–Kier alpha value is -3.10. The lowest BCUT2D eigenvalue weighted by molar-refractivity contribution is -0.137. The van der Waals surface area contributed by atoms with Gasteiger partial charge in [-0.3, -0.25) is 0 Å². The number of hydrogen-bond donors (Lipinski definition) is 0. The molecule has 9 heteroatoms. The van der Waals surface area contributed by atoms with Crippen LogP contribution in [0.4, 0.5) is 13.2 Å². The van der Waals surface area contributed by atoms with Crippen LogP contribution >= 0.6 is 0 Å². The van der Waals surface area contributed by atoms with Crippen LogP contribution in [-0.2, 0) is 24.1 Å². The molecule has 0 spiro atoms. The molecular weight excluding hydrogens is 375 g/mol. The molecule has 6 nitrogen and oxygen atoms in total. The van der Waals surface area contributed by atoms with E-state index in [2.05, 4.69) is 10.1 Å². The number of ether oxygens (including phenoxy) is 1. The van der Waals surface area contributed by atoms with Crippen LogP contribution in [0.1, 0.15) is 40.1 Å². The minimum absolute atomic E-state index is 0.00920. The molecule has 0 radical (unpaired) electrons. The van der Waals surface area contributed by atoms with Gasteiger partial charge in [0, 0.05) is 23.5 Å². The van der Waals surface area contributed by atoms with Gasteiger partial charge in [-0.05, 0) is 39.0 Å². The topological polar surface area (TPSA) is 70.2 Å². The molecule has 2 heterocycles. The van der Waals surface area contributed by atoms with Crippen molar-refractivity contribution in [3.05, 3.63) is 58.7 Å². The number of hydrogen-bond acceptors (Lipinski definition) is 5. The smallest absolute Gasteiger partial charge is 0.416 e. The molecule has 0 saturated heterocycles. The van der Waals surface area contributed by atoms with Gasteiger partial charge in [0.05, 0.1) is 11.1 Å². The molecule has 2 aromatic heterocycles. The fourth-order valence-corrected chi connectivity index (χ4v) is 2.96. The molecule has 148 valence electrons. The van der Waals surface area contributed by atoms with Crippen LogP contribution in [0.5, 0.6) is 0 Å². The maximum absolute atomic E-state index is 12.8. The Balaban J connectivity index is 1.71. The fraction of sp³-hybridized carbons (Fsp3) is 0.316. The zero-order valence-corrected chi connectivity index (χ0v) is 15.5. The summed E-state index contributed by atoms with van der Waals surface area (Å²) in [7, 11) is 0. The normalized spacial score (nSPS) is 11.6. The Morgan fingerprint density at radius 1 is 1.25 bits per heavy atom. The molecule has 0 amide bonds. The van der Waals surface area contributed by atoms with Crippen LogP contribution in [-0.4, -0.2) is 20.7 Å². The Labute approximate surface area is 158 Å². The molecule has 3 rings (SSSR count). The van der Waals surface area contributed by atoms with Crippen molar-refractivity contribution in [2.45, 2.75) is 40.1 Å². The van der Waals surface area contributed by atoms with E-state index >= 15 is 0 Å². The summed E-state index contributed by atoms with van der Waals surface area (Å²) in [5.41, 5.74) is 1.52. The van der Waals surface area contributed by atoms with E-state index in [1.54, 1.807) is 6.07 Å². The maximum Gasteiger partial charge on any atom is 0.416 e. The monoisotopic (exact) mass is 393 g/mol. The van der Waals surface area contributed by atoms with E-state index < -0.39 is 17.7 Å². The first-order valence-electron chi connectivity index (χ1n) is 8.54. The van der Waals surface area contributed by atoms with Gasteiger partial charge in [-0.15, -0.1) is 0 Å². The van der Waals surface area contributed by atoms with Crippen LogP contribution in [0.3, 0.4) is 0 Å². The van der Waals surface area contributed by atoms with E-state index in [4.69, 9.17) is 9.26 Å². The van der Waals surface area contributed by atoms with Gasteiger partial charge in [-0.1, -0.05) is 17.3 Å². The first kappa shape index (κ1) is 19.7. The van der Waals surface area contributed by atoms with Crippen LogP contribution in [0.25, 0.3) is 11.4 Å². The molecule has 0 fully saturated rings. The molecule has 0 saturated carbocycles. The molecule has 0 unspecified atom stereocenters. The van der Waals surface area contributed by atoms with E-state index in [1.807, 2.05) is 25.3 Å². The Kier molecular flexibility index (Phi) is 5.26. The quantitative estimate of drug-likeness (QED) is 0.595. The van der Waals surface area contributed by atoms with Crippen molar-refractivity contribution in [3.8, 4) is 11.4 Å². The van der Waals surface area contributed by atoms with Gasteiger partial charge >= 0.3 is 12.1 Å². The number of rotatable bonds is 5. The van der Waals surface area contributed by atoms with Crippen LogP contribution in [0, 0.1) is 13.8 Å². The van der Waals surface area contributed by atoms with Crippen molar-refractivity contribution < 1.29 is 27.2 Å². The Morgan fingerprint density at radius 2 is 2.00 bits per heavy atom. The van der Waals surface area contributed by atoms with Gasteiger partial charge in [-0.2, -0.15) is 18.2 Å². The molecule has 0 aliphatic heterocycles. The summed E-state index contributed by atoms with van der Waals surface area (Å²) in [4.78, 5) is 16.3. The Morgan fingerprint density at radius 3 is 2.64 bits per heavy atom. The molecule has 0 aliphatic carbocycles. The number of carbonyl (C=O) groups excluding carboxylic acids is 1. The first-order valence-corrected chi connectivity index (χ1v) is 8.54. The summed E-state index contributed by atoms with van der Waals surface area (Å²) < 4.78 is 50.6. The lowest BCUT2D eigenvalue weighted by atomic mass is 10.1. The zero-order chi connectivity index (χ0) is 20.5. The molecule has 0 N–H and O–H groups in total. The molecule has 3 aromatic rings. The predicted octanol–water partition coefficient (Wildman–Crippen LogP) is 4.55. The first-order chi connectivity index (χ1) is 13.2. The third-order valence-electron chi connectivity index (χ3n) is 4.35. The van der Waals surface area contributed by atoms with Crippen LogP contribution in [0.15, 0.2) is 34.9 Å². The van der Waals surface area contributed by atoms with Gasteiger partial charge in [-0.25, -0.2) is 4.79 Å². The van der Waals surface area contributed by atoms with Gasteiger partial charge in [0.15, 0.2) is 6.61 Å². The highest BCUT2D eigenvalue weighted by atomic mass is 19.4. The van der Waals surface area contributed by atoms with Gasteiger partial charge in [0.25, 0.3) is 5.89 Å². The summed E-state index contributed by atoms with van der Waals surface area (Å²) in [5.74, 6) is -0.557. The minimum atomic E-state index is -4.47. The van der Waals surface area contributed by atoms with E-state index in [0.29, 0.717) is 5.56 Å². The average Bonchev–Trinajstić information content (AvgIpc) is 3.23. The molecule has 0 aliphatic rings. The molecule has 1 aromatic carbocycles. The SMILES string of the molecule is CCn1c(C)cc(C(=O)OCc2nc(-c3cccc(C(F)(F)F)c3)no2)c1C. The van der Waals surface area contributed by atoms with Crippen molar-refractivity contribution in [2.75, 3.05) is 0 Å². The summed E-state index contributed by atoms with van der Waals surface area (Å²) in [6, 6.07) is 6.33. The highest BCUT2D eigenvalue weighted by molar-refractivity contribution is 5.91. The van der Waals surface area contributed by atoms with Crippen molar-refractivity contribution in [1.29, 1.82) is 0 Å². The lowest BCUT2D eigenvalue weighted by Gasteiger charge is -2.06.